The first-order chi connectivity index (χ1) is 8.16. The third-order valence-electron chi connectivity index (χ3n) is 3.38. The maximum absolute atomic E-state index is 11.4. The van der Waals surface area contributed by atoms with Gasteiger partial charge in [-0.15, -0.1) is 0 Å². The van der Waals surface area contributed by atoms with Gasteiger partial charge < -0.3 is 10.0 Å². The molecular weight excluding hydrogens is 214 g/mol. The first-order valence-electron chi connectivity index (χ1n) is 6.18. The van der Waals surface area contributed by atoms with Crippen molar-refractivity contribution in [2.45, 2.75) is 25.7 Å². The minimum absolute atomic E-state index is 0.395. The van der Waals surface area contributed by atoms with Crippen LogP contribution in [0, 0.1) is 6.92 Å². The highest BCUT2D eigenvalue weighted by Gasteiger charge is 2.24. The van der Waals surface area contributed by atoms with E-state index in [9.17, 15) is 9.90 Å². The summed E-state index contributed by atoms with van der Waals surface area (Å²) < 4.78 is 0. The van der Waals surface area contributed by atoms with Crippen LogP contribution >= 0.6 is 0 Å². The third kappa shape index (κ3) is 3.07. The van der Waals surface area contributed by atoms with Crippen molar-refractivity contribution in [2.75, 3.05) is 19.6 Å². The average Bonchev–Trinajstić information content (AvgIpc) is 2.78. The summed E-state index contributed by atoms with van der Waals surface area (Å²) in [4.78, 5) is 13.6. The highest BCUT2D eigenvalue weighted by molar-refractivity contribution is 5.76. The number of rotatable bonds is 4. The molecule has 3 nitrogen and oxygen atoms in total. The Morgan fingerprint density at radius 2 is 2.12 bits per heavy atom. The fourth-order valence-corrected chi connectivity index (χ4v) is 2.44. The van der Waals surface area contributed by atoms with Crippen LogP contribution in [-0.4, -0.2) is 35.6 Å². The third-order valence-corrected chi connectivity index (χ3v) is 3.38. The maximum atomic E-state index is 11.4. The summed E-state index contributed by atoms with van der Waals surface area (Å²) in [6, 6.07) is 7.83. The van der Waals surface area contributed by atoms with Gasteiger partial charge in [0.2, 0.25) is 0 Å². The fourth-order valence-electron chi connectivity index (χ4n) is 2.44. The topological polar surface area (TPSA) is 40.5 Å². The Balaban J connectivity index is 2.13. The molecule has 1 aliphatic rings. The Hall–Kier alpha value is -1.35. The van der Waals surface area contributed by atoms with Crippen LogP contribution in [-0.2, 0) is 4.79 Å². The first kappa shape index (κ1) is 12.1. The summed E-state index contributed by atoms with van der Waals surface area (Å²) in [5.41, 5.74) is 2.04. The lowest BCUT2D eigenvalue weighted by atomic mass is 9.97. The Bertz CT molecular complexity index is 397. The number of aliphatic carboxylic acids is 1. The van der Waals surface area contributed by atoms with Crippen LogP contribution in [0.4, 0.5) is 0 Å². The predicted octanol–water partition coefficient (Wildman–Crippen LogP) is 2.26. The van der Waals surface area contributed by atoms with Crippen LogP contribution in [0.5, 0.6) is 0 Å². The van der Waals surface area contributed by atoms with E-state index in [0.717, 1.165) is 24.2 Å². The Morgan fingerprint density at radius 3 is 2.71 bits per heavy atom. The lowest BCUT2D eigenvalue weighted by molar-refractivity contribution is -0.139. The number of carboxylic acid groups (broad SMARTS) is 1. The molecule has 0 aromatic heterocycles. The molecule has 1 aliphatic heterocycles. The van der Waals surface area contributed by atoms with Crippen molar-refractivity contribution >= 4 is 5.97 Å². The van der Waals surface area contributed by atoms with E-state index in [2.05, 4.69) is 4.90 Å². The Kier molecular flexibility index (Phi) is 3.79. The molecule has 0 aliphatic carbocycles. The highest BCUT2D eigenvalue weighted by atomic mass is 16.4. The van der Waals surface area contributed by atoms with Gasteiger partial charge in [0.25, 0.3) is 0 Å². The number of aryl methyl sites for hydroxylation is 1. The number of carbonyl (C=O) groups is 1. The van der Waals surface area contributed by atoms with Gasteiger partial charge in [-0.1, -0.05) is 29.8 Å². The van der Waals surface area contributed by atoms with Crippen LogP contribution in [0.15, 0.2) is 24.3 Å². The smallest absolute Gasteiger partial charge is 0.312 e. The van der Waals surface area contributed by atoms with Crippen LogP contribution < -0.4 is 0 Å². The van der Waals surface area contributed by atoms with Gasteiger partial charge in [-0.25, -0.2) is 0 Å². The monoisotopic (exact) mass is 233 g/mol. The Morgan fingerprint density at radius 1 is 1.41 bits per heavy atom. The van der Waals surface area contributed by atoms with Gasteiger partial charge in [0, 0.05) is 6.54 Å². The quantitative estimate of drug-likeness (QED) is 0.867. The molecule has 3 heteroatoms. The molecule has 1 fully saturated rings. The standard InChI is InChI=1S/C14H19NO2/c1-11-5-4-6-12(9-11)13(14(16)17)10-15-7-2-3-8-15/h4-6,9,13H,2-3,7-8,10H2,1H3,(H,16,17). The van der Waals surface area contributed by atoms with Crippen LogP contribution in [0.3, 0.4) is 0 Å². The molecule has 17 heavy (non-hydrogen) atoms. The van der Waals surface area contributed by atoms with E-state index in [1.807, 2.05) is 31.2 Å². The van der Waals surface area contributed by atoms with Gasteiger partial charge in [-0.2, -0.15) is 0 Å². The number of hydrogen-bond donors (Lipinski definition) is 1. The van der Waals surface area contributed by atoms with E-state index in [0.29, 0.717) is 6.54 Å². The summed E-state index contributed by atoms with van der Waals surface area (Å²) in [7, 11) is 0. The second-order valence-corrected chi connectivity index (χ2v) is 4.81. The van der Waals surface area contributed by atoms with E-state index in [1.165, 1.54) is 12.8 Å². The first-order valence-corrected chi connectivity index (χ1v) is 6.18. The van der Waals surface area contributed by atoms with Crippen molar-refractivity contribution in [1.82, 2.24) is 4.90 Å². The molecule has 0 spiro atoms. The van der Waals surface area contributed by atoms with Crippen LogP contribution in [0.1, 0.15) is 29.9 Å². The van der Waals surface area contributed by atoms with Crippen molar-refractivity contribution in [1.29, 1.82) is 0 Å². The summed E-state index contributed by atoms with van der Waals surface area (Å²) in [6.07, 6.45) is 2.39. The molecule has 92 valence electrons. The lowest BCUT2D eigenvalue weighted by Crippen LogP contribution is -2.29. The van der Waals surface area contributed by atoms with E-state index >= 15 is 0 Å². The molecule has 0 radical (unpaired) electrons. The van der Waals surface area contributed by atoms with Crippen molar-refractivity contribution in [2.24, 2.45) is 0 Å². The summed E-state index contributed by atoms with van der Waals surface area (Å²) in [6.45, 7) is 4.71. The zero-order valence-electron chi connectivity index (χ0n) is 10.2. The molecule has 0 saturated carbocycles. The van der Waals surface area contributed by atoms with Crippen molar-refractivity contribution in [3.8, 4) is 0 Å². The SMILES string of the molecule is Cc1cccc(C(CN2CCCC2)C(=O)O)c1. The van der Waals surface area contributed by atoms with Gasteiger partial charge in [0.15, 0.2) is 0 Å². The number of likely N-dealkylation sites (tertiary alicyclic amines) is 1. The second-order valence-electron chi connectivity index (χ2n) is 4.81. The zero-order chi connectivity index (χ0) is 12.3. The summed E-state index contributed by atoms with van der Waals surface area (Å²) in [5.74, 6) is -1.12. The molecule has 1 N–H and O–H groups in total. The zero-order valence-corrected chi connectivity index (χ0v) is 10.2. The molecule has 2 rings (SSSR count). The fraction of sp³-hybridized carbons (Fsp3) is 0.500. The van der Waals surface area contributed by atoms with Crippen molar-refractivity contribution in [3.63, 3.8) is 0 Å². The number of carboxylic acids is 1. The van der Waals surface area contributed by atoms with E-state index < -0.39 is 11.9 Å². The normalized spacial score (nSPS) is 18.2. The molecule has 1 saturated heterocycles. The van der Waals surface area contributed by atoms with Gasteiger partial charge >= 0.3 is 5.97 Å². The lowest BCUT2D eigenvalue weighted by Gasteiger charge is -2.20. The minimum atomic E-state index is -0.720. The molecule has 1 atom stereocenters. The summed E-state index contributed by atoms with van der Waals surface area (Å²) >= 11 is 0. The highest BCUT2D eigenvalue weighted by Crippen LogP contribution is 2.21. The van der Waals surface area contributed by atoms with Gasteiger partial charge in [0.1, 0.15) is 0 Å². The molecule has 1 heterocycles. The number of nitrogens with zero attached hydrogens (tertiary/aromatic N) is 1. The molecule has 0 amide bonds. The molecule has 1 aromatic rings. The van der Waals surface area contributed by atoms with Crippen molar-refractivity contribution < 1.29 is 9.90 Å². The predicted molar refractivity (Wildman–Crippen MR) is 67.2 cm³/mol. The van der Waals surface area contributed by atoms with Crippen molar-refractivity contribution in [3.05, 3.63) is 35.4 Å². The number of hydrogen-bond acceptors (Lipinski definition) is 2. The molecule has 1 aromatic carbocycles. The van der Waals surface area contributed by atoms with Crippen LogP contribution in [0.2, 0.25) is 0 Å². The van der Waals surface area contributed by atoms with Gasteiger partial charge in [-0.05, 0) is 38.4 Å². The number of benzene rings is 1. The molecule has 0 bridgehead atoms. The second kappa shape index (κ2) is 5.32. The van der Waals surface area contributed by atoms with Crippen LogP contribution in [0.25, 0.3) is 0 Å². The van der Waals surface area contributed by atoms with E-state index in [1.54, 1.807) is 0 Å². The maximum Gasteiger partial charge on any atom is 0.312 e. The molecular formula is C14H19NO2. The Labute approximate surface area is 102 Å². The minimum Gasteiger partial charge on any atom is -0.481 e. The average molecular weight is 233 g/mol. The van der Waals surface area contributed by atoms with Gasteiger partial charge in [-0.3, -0.25) is 4.79 Å². The largest absolute Gasteiger partial charge is 0.481 e. The summed E-state index contributed by atoms with van der Waals surface area (Å²) in [5, 5.41) is 9.35. The molecule has 1 unspecified atom stereocenters. The van der Waals surface area contributed by atoms with E-state index in [-0.39, 0.29) is 0 Å². The van der Waals surface area contributed by atoms with Gasteiger partial charge in [0.05, 0.1) is 5.92 Å². The van der Waals surface area contributed by atoms with E-state index in [4.69, 9.17) is 0 Å².